The molecule has 0 aliphatic rings. The van der Waals surface area contributed by atoms with E-state index < -0.39 is 5.78 Å². The van der Waals surface area contributed by atoms with Crippen LogP contribution in [0.4, 0.5) is 0 Å². The second kappa shape index (κ2) is 8.94. The van der Waals surface area contributed by atoms with Gasteiger partial charge < -0.3 is 0 Å². The largest absolute Gasteiger partial charge is 0.331 e. The zero-order valence-electron chi connectivity index (χ0n) is 3.83. The number of carbonyl (C=O) groups is 1. The Hall–Kier alpha value is -1.86. The summed E-state index contributed by atoms with van der Waals surface area (Å²) in [6.07, 6.45) is 0. The summed E-state index contributed by atoms with van der Waals surface area (Å²) in [6, 6.07) is 2.23. The van der Waals surface area contributed by atoms with Crippen LogP contribution in [0.2, 0.25) is 0 Å². The lowest BCUT2D eigenvalue weighted by Crippen LogP contribution is -1.81. The minimum absolute atomic E-state index is 1.05. The third-order valence-electron chi connectivity index (χ3n) is 0.203. The molecule has 0 aliphatic heterocycles. The van der Waals surface area contributed by atoms with E-state index in [-0.39, 0.29) is 0 Å². The van der Waals surface area contributed by atoms with Crippen LogP contribution in [0.15, 0.2) is 0 Å². The normalized spacial score (nSPS) is 4.00. The Kier molecular flexibility index (Phi) is 10.6. The van der Waals surface area contributed by atoms with E-state index in [4.69, 9.17) is 15.8 Å². The summed E-state index contributed by atoms with van der Waals surface area (Å²) in [4.78, 5) is 9.46. The van der Waals surface area contributed by atoms with Crippen LogP contribution >= 0.6 is 0 Å². The van der Waals surface area contributed by atoms with E-state index in [0.717, 1.165) is 12.1 Å². The van der Waals surface area contributed by atoms with Crippen molar-refractivity contribution in [3.63, 3.8) is 0 Å². The molecule has 0 amide bonds. The van der Waals surface area contributed by atoms with Crippen LogP contribution in [-0.4, -0.2) is 5.78 Å². The Morgan fingerprint density at radius 3 is 1.50 bits per heavy atom. The lowest BCUT2D eigenvalue weighted by atomic mass is 10.5. The molecule has 0 saturated heterocycles. The van der Waals surface area contributed by atoms with Crippen LogP contribution < -0.4 is 0 Å². The summed E-state index contributed by atoms with van der Waals surface area (Å²) in [7, 11) is 0. The molecule has 4 heteroatoms. The maximum atomic E-state index is 9.46. The standard InChI is InChI=1S/C3N2O.CHN/c4-1-3(6)2-5;1-2/h;1H. The third kappa shape index (κ3) is 8.91. The summed E-state index contributed by atoms with van der Waals surface area (Å²) >= 11 is 0. The van der Waals surface area contributed by atoms with Crippen LogP contribution in [0.5, 0.6) is 0 Å². The number of ketones is 1. The van der Waals surface area contributed by atoms with Gasteiger partial charge in [-0.25, -0.2) is 5.26 Å². The number of carbonyl (C=O) groups excluding carboxylic acids is 1. The predicted octanol–water partition coefficient (Wildman–Crippen LogP) is -0.258. The van der Waals surface area contributed by atoms with Crippen LogP contribution in [0.25, 0.3) is 0 Å². The summed E-state index contributed by atoms with van der Waals surface area (Å²) < 4.78 is 0. The molecule has 0 aromatic carbocycles. The van der Waals surface area contributed by atoms with Gasteiger partial charge in [0.15, 0.2) is 12.1 Å². The monoisotopic (exact) mass is 107 g/mol. The van der Waals surface area contributed by atoms with E-state index in [1.54, 1.807) is 0 Å². The zero-order chi connectivity index (χ0) is 6.99. The Balaban J connectivity index is 0. The second-order valence-corrected chi connectivity index (χ2v) is 0.553. The van der Waals surface area contributed by atoms with E-state index in [0.29, 0.717) is 0 Å². The van der Waals surface area contributed by atoms with Crippen molar-refractivity contribution in [1.29, 1.82) is 15.8 Å². The number of hydrogen-bond acceptors (Lipinski definition) is 4. The first-order chi connectivity index (χ1) is 3.81. The van der Waals surface area contributed by atoms with Gasteiger partial charge in [0, 0.05) is 6.57 Å². The molecule has 4 nitrogen and oxygen atoms in total. The Morgan fingerprint density at radius 1 is 1.25 bits per heavy atom. The quantitative estimate of drug-likeness (QED) is 0.399. The predicted molar refractivity (Wildman–Crippen MR) is 22.9 cm³/mol. The van der Waals surface area contributed by atoms with Gasteiger partial charge in [0.25, 0.3) is 0 Å². The van der Waals surface area contributed by atoms with Crippen molar-refractivity contribution >= 4 is 5.78 Å². The molecule has 0 saturated carbocycles. The minimum atomic E-state index is -1.05. The molecule has 0 fully saturated rings. The van der Waals surface area contributed by atoms with Crippen LogP contribution in [0.1, 0.15) is 0 Å². The number of nitriles is 3. The van der Waals surface area contributed by atoms with Gasteiger partial charge >= 0.3 is 5.78 Å². The molecule has 8 heavy (non-hydrogen) atoms. The van der Waals surface area contributed by atoms with Crippen molar-refractivity contribution in [2.24, 2.45) is 0 Å². The highest BCUT2D eigenvalue weighted by atomic mass is 16.1. The van der Waals surface area contributed by atoms with Gasteiger partial charge in [0.2, 0.25) is 0 Å². The van der Waals surface area contributed by atoms with E-state index in [1.165, 1.54) is 0 Å². The lowest BCUT2D eigenvalue weighted by Gasteiger charge is -1.50. The Bertz CT molecular complexity index is 152. The maximum absolute atomic E-state index is 9.46. The summed E-state index contributed by atoms with van der Waals surface area (Å²) in [6.45, 7) is 3.50. The van der Waals surface area contributed by atoms with Gasteiger partial charge in [-0.05, 0) is 0 Å². The number of hydrogen-bond donors (Lipinski definition) is 0. The molecule has 38 valence electrons. The molecular formula is C4HN3O. The maximum Gasteiger partial charge on any atom is 0.331 e. The lowest BCUT2D eigenvalue weighted by molar-refractivity contribution is -0.109. The van der Waals surface area contributed by atoms with Crippen molar-refractivity contribution in [1.82, 2.24) is 0 Å². The summed E-state index contributed by atoms with van der Waals surface area (Å²) in [5.41, 5.74) is 0. The van der Waals surface area contributed by atoms with Gasteiger partial charge in [0.05, 0.1) is 0 Å². The first-order valence-electron chi connectivity index (χ1n) is 1.41. The minimum Gasteiger partial charge on any atom is -0.265 e. The molecule has 0 atom stereocenters. The van der Waals surface area contributed by atoms with Gasteiger partial charge in [-0.15, -0.1) is 0 Å². The number of rotatable bonds is 0. The van der Waals surface area contributed by atoms with Crippen LogP contribution in [0, 0.1) is 34.5 Å². The molecular weight excluding hydrogens is 106 g/mol. The van der Waals surface area contributed by atoms with Gasteiger partial charge in [-0.1, -0.05) is 0 Å². The first-order valence-corrected chi connectivity index (χ1v) is 1.41. The topological polar surface area (TPSA) is 88.4 Å². The molecule has 0 bridgehead atoms. The average molecular weight is 107 g/mol. The van der Waals surface area contributed by atoms with Crippen molar-refractivity contribution in [2.75, 3.05) is 0 Å². The van der Waals surface area contributed by atoms with E-state index in [9.17, 15) is 4.79 Å². The van der Waals surface area contributed by atoms with E-state index in [1.807, 2.05) is 0 Å². The zero-order valence-corrected chi connectivity index (χ0v) is 3.83. The van der Waals surface area contributed by atoms with Crippen LogP contribution in [-0.2, 0) is 4.79 Å². The molecule has 0 radical (unpaired) electrons. The smallest absolute Gasteiger partial charge is 0.265 e. The fourth-order valence-electron chi connectivity index (χ4n) is 0.0250. The van der Waals surface area contributed by atoms with Crippen molar-refractivity contribution < 1.29 is 4.79 Å². The van der Waals surface area contributed by atoms with Gasteiger partial charge in [0.1, 0.15) is 0 Å². The molecule has 0 spiro atoms. The first kappa shape index (κ1) is 9.46. The van der Waals surface area contributed by atoms with Crippen LogP contribution in [0.3, 0.4) is 0 Å². The fraction of sp³-hybridized carbons (Fsp3) is 0. The number of Topliss-reactive ketones (excluding diaryl/α,β-unsaturated/α-hetero) is 1. The van der Waals surface area contributed by atoms with Crippen molar-refractivity contribution in [3.05, 3.63) is 0 Å². The molecule has 0 rings (SSSR count). The Morgan fingerprint density at radius 2 is 1.50 bits per heavy atom. The highest BCUT2D eigenvalue weighted by molar-refractivity contribution is 6.05. The highest BCUT2D eigenvalue weighted by Gasteiger charge is 1.86. The van der Waals surface area contributed by atoms with Gasteiger partial charge in [-0.2, -0.15) is 10.5 Å². The molecule has 0 N–H and O–H groups in total. The number of nitrogens with zero attached hydrogens (tertiary/aromatic N) is 3. The third-order valence-corrected chi connectivity index (χ3v) is 0.203. The molecule has 0 unspecified atom stereocenters. The van der Waals surface area contributed by atoms with Crippen molar-refractivity contribution in [2.45, 2.75) is 0 Å². The molecule has 0 aromatic rings. The average Bonchev–Trinajstić information content (AvgIpc) is 1.91. The SMILES string of the molecule is C#N.N#CC(=O)C#N. The fourth-order valence-corrected chi connectivity index (χ4v) is 0.0250. The van der Waals surface area contributed by atoms with Gasteiger partial charge in [-0.3, -0.25) is 4.79 Å². The van der Waals surface area contributed by atoms with E-state index >= 15 is 0 Å². The van der Waals surface area contributed by atoms with Crippen molar-refractivity contribution in [3.8, 4) is 18.7 Å². The van der Waals surface area contributed by atoms with E-state index in [2.05, 4.69) is 6.57 Å². The molecule has 0 aromatic heterocycles. The summed E-state index contributed by atoms with van der Waals surface area (Å²) in [5.74, 6) is -1.05. The summed E-state index contributed by atoms with van der Waals surface area (Å²) in [5, 5.41) is 21.5. The molecule has 0 aliphatic carbocycles. The second-order valence-electron chi connectivity index (χ2n) is 0.553. The Labute approximate surface area is 46.2 Å². The highest BCUT2D eigenvalue weighted by Crippen LogP contribution is 1.54. The molecule has 0 heterocycles.